The summed E-state index contributed by atoms with van der Waals surface area (Å²) in [7, 11) is 1.38. The van der Waals surface area contributed by atoms with Crippen molar-refractivity contribution < 1.29 is 19.1 Å². The van der Waals surface area contributed by atoms with E-state index in [0.717, 1.165) is 6.42 Å². The average Bonchev–Trinajstić information content (AvgIpc) is 2.53. The van der Waals surface area contributed by atoms with Crippen molar-refractivity contribution in [3.8, 4) is 0 Å². The Bertz CT molecular complexity index is 514. The number of nitrogens with zero attached hydrogens (tertiary/aromatic N) is 1. The zero-order chi connectivity index (χ0) is 20.4. The van der Waals surface area contributed by atoms with Crippen LogP contribution in [0, 0.1) is 0 Å². The smallest absolute Gasteiger partial charge is 0.410 e. The molecule has 150 valence electrons. The number of allylic oxidation sites excluding steroid dienone is 3. The van der Waals surface area contributed by atoms with E-state index in [0.29, 0.717) is 18.8 Å². The molecule has 26 heavy (non-hydrogen) atoms. The van der Waals surface area contributed by atoms with Crippen molar-refractivity contribution in [3.63, 3.8) is 0 Å². The van der Waals surface area contributed by atoms with Gasteiger partial charge in [-0.25, -0.2) is 4.79 Å². The van der Waals surface area contributed by atoms with Crippen LogP contribution in [-0.4, -0.2) is 53.3 Å². The molecule has 1 aliphatic rings. The largest absolute Gasteiger partial charge is 0.468 e. The fraction of sp³-hybridized carbons (Fsp3) is 0.700. The van der Waals surface area contributed by atoms with Crippen LogP contribution in [0.2, 0.25) is 0 Å². The van der Waals surface area contributed by atoms with E-state index < -0.39 is 10.3 Å². The summed E-state index contributed by atoms with van der Waals surface area (Å²) in [4.78, 5) is 25.9. The topological polar surface area (TPSA) is 55.8 Å². The Hall–Kier alpha value is -1.43. The van der Waals surface area contributed by atoms with Crippen molar-refractivity contribution in [2.45, 2.75) is 65.2 Å². The first kappa shape index (κ1) is 24.6. The summed E-state index contributed by atoms with van der Waals surface area (Å²) >= 11 is 1.53. The molecule has 0 N–H and O–H groups in total. The molecule has 1 saturated heterocycles. The fourth-order valence-corrected chi connectivity index (χ4v) is 3.72. The van der Waals surface area contributed by atoms with E-state index in [1.807, 2.05) is 53.7 Å². The number of amides is 1. The van der Waals surface area contributed by atoms with Gasteiger partial charge in [-0.3, -0.25) is 4.79 Å². The molecule has 6 heteroatoms. The van der Waals surface area contributed by atoms with Crippen molar-refractivity contribution in [1.29, 1.82) is 0 Å². The van der Waals surface area contributed by atoms with Gasteiger partial charge >= 0.3 is 12.1 Å². The number of hydrogen-bond donors (Lipinski definition) is 0. The van der Waals surface area contributed by atoms with Crippen LogP contribution in [0.1, 0.15) is 54.9 Å². The highest BCUT2D eigenvalue weighted by Gasteiger charge is 2.53. The maximum atomic E-state index is 12.2. The predicted molar refractivity (Wildman–Crippen MR) is 110 cm³/mol. The van der Waals surface area contributed by atoms with Crippen LogP contribution >= 0.6 is 11.8 Å². The highest BCUT2D eigenvalue weighted by Crippen LogP contribution is 2.38. The minimum Gasteiger partial charge on any atom is -0.468 e. The number of ether oxygens (including phenoxy) is 2. The summed E-state index contributed by atoms with van der Waals surface area (Å²) in [6.07, 6.45) is 6.73. The number of rotatable bonds is 6. The number of methoxy groups -OCH3 is 1. The fourth-order valence-electron chi connectivity index (χ4n) is 2.36. The first-order valence-electron chi connectivity index (χ1n) is 9.19. The second kappa shape index (κ2) is 11.3. The summed E-state index contributed by atoms with van der Waals surface area (Å²) in [6, 6.07) is 0. The molecule has 0 radical (unpaired) electrons. The zero-order valence-corrected chi connectivity index (χ0v) is 18.4. The van der Waals surface area contributed by atoms with Gasteiger partial charge in [-0.1, -0.05) is 39.0 Å². The van der Waals surface area contributed by atoms with Crippen molar-refractivity contribution in [2.75, 3.05) is 26.0 Å². The lowest BCUT2D eigenvalue weighted by molar-refractivity contribution is -0.147. The Morgan fingerprint density at radius 2 is 1.81 bits per heavy atom. The third-order valence-corrected chi connectivity index (χ3v) is 4.92. The summed E-state index contributed by atoms with van der Waals surface area (Å²) in [5.74, 6) is 0.416. The van der Waals surface area contributed by atoms with Crippen LogP contribution in [0.3, 0.4) is 0 Å². The number of carbonyl (C=O) groups is 2. The Labute approximate surface area is 163 Å². The molecule has 0 aliphatic carbocycles. The van der Waals surface area contributed by atoms with Gasteiger partial charge in [0.15, 0.2) is 0 Å². The number of thioether (sulfide) groups is 1. The van der Waals surface area contributed by atoms with Crippen LogP contribution in [0.4, 0.5) is 4.79 Å². The van der Waals surface area contributed by atoms with Crippen molar-refractivity contribution in [1.82, 2.24) is 4.90 Å². The third kappa shape index (κ3) is 7.44. The number of hydrogen-bond acceptors (Lipinski definition) is 5. The van der Waals surface area contributed by atoms with E-state index in [9.17, 15) is 9.59 Å². The van der Waals surface area contributed by atoms with Crippen molar-refractivity contribution in [3.05, 3.63) is 23.8 Å². The highest BCUT2D eigenvalue weighted by atomic mass is 32.2. The van der Waals surface area contributed by atoms with E-state index >= 15 is 0 Å². The van der Waals surface area contributed by atoms with Gasteiger partial charge in [0.05, 0.1) is 20.2 Å². The standard InChI is InChI=1S/C18H29NO4S.C2H6/c1-7-9-14(10-8-2)11-24-18(15(20)22-6)12-19(13-18)16(21)23-17(3,4)5;1-2/h7,9-10H,8,11-13H2,1-6H3;1-2H3/b9-7-,14-10+;. The van der Waals surface area contributed by atoms with Gasteiger partial charge in [-0.05, 0) is 39.7 Å². The molecule has 0 spiro atoms. The molecule has 0 unspecified atom stereocenters. The third-order valence-electron chi connectivity index (χ3n) is 3.46. The van der Waals surface area contributed by atoms with E-state index in [2.05, 4.69) is 13.0 Å². The van der Waals surface area contributed by atoms with E-state index in [4.69, 9.17) is 9.47 Å². The van der Waals surface area contributed by atoms with Gasteiger partial charge in [-0.15, -0.1) is 11.8 Å². The van der Waals surface area contributed by atoms with Crippen LogP contribution < -0.4 is 0 Å². The molecule has 5 nitrogen and oxygen atoms in total. The van der Waals surface area contributed by atoms with Crippen LogP contribution in [0.25, 0.3) is 0 Å². The molecule has 0 saturated carbocycles. The molecular weight excluding hydrogens is 350 g/mol. The van der Waals surface area contributed by atoms with Crippen LogP contribution in [0.15, 0.2) is 23.8 Å². The second-order valence-electron chi connectivity index (χ2n) is 6.80. The van der Waals surface area contributed by atoms with Gasteiger partial charge in [0, 0.05) is 5.75 Å². The van der Waals surface area contributed by atoms with Gasteiger partial charge in [0.2, 0.25) is 0 Å². The maximum absolute atomic E-state index is 12.2. The highest BCUT2D eigenvalue weighted by molar-refractivity contribution is 8.01. The van der Waals surface area contributed by atoms with E-state index in [1.165, 1.54) is 24.4 Å². The molecule has 1 aliphatic heterocycles. The molecule has 1 amide bonds. The molecule has 0 aromatic heterocycles. The minimum absolute atomic E-state index is 0.288. The molecule has 0 atom stereocenters. The molecule has 1 fully saturated rings. The normalized spacial score (nSPS) is 16.5. The lowest BCUT2D eigenvalue weighted by Gasteiger charge is -2.47. The second-order valence-corrected chi connectivity index (χ2v) is 8.16. The van der Waals surface area contributed by atoms with E-state index in [-0.39, 0.29) is 12.1 Å². The number of likely N-dealkylation sites (tertiary alicyclic amines) is 1. The van der Waals surface area contributed by atoms with E-state index in [1.54, 1.807) is 4.90 Å². The number of carbonyl (C=O) groups excluding carboxylic acids is 2. The SMILES string of the molecule is C/C=C\C(=C/CC)CSC1(C(=O)OC)CN(C(=O)OC(C)(C)C)C1.CC. The van der Waals surface area contributed by atoms with Crippen molar-refractivity contribution in [2.24, 2.45) is 0 Å². The summed E-state index contributed by atoms with van der Waals surface area (Å²) in [5.41, 5.74) is 0.625. The summed E-state index contributed by atoms with van der Waals surface area (Å²) < 4.78 is 9.61. The minimum atomic E-state index is -0.708. The molecule has 0 aromatic rings. The Balaban J connectivity index is 0.00000301. The maximum Gasteiger partial charge on any atom is 0.410 e. The quantitative estimate of drug-likeness (QED) is 0.484. The predicted octanol–water partition coefficient (Wildman–Crippen LogP) is 4.82. The monoisotopic (exact) mass is 385 g/mol. The molecular formula is C20H35NO4S. The zero-order valence-electron chi connectivity index (χ0n) is 17.5. The summed E-state index contributed by atoms with van der Waals surface area (Å²) in [5, 5.41) is 0. The lowest BCUT2D eigenvalue weighted by atomic mass is 10.00. The lowest BCUT2D eigenvalue weighted by Crippen LogP contribution is -2.66. The first-order valence-corrected chi connectivity index (χ1v) is 10.2. The van der Waals surface area contributed by atoms with Gasteiger partial charge < -0.3 is 14.4 Å². The molecule has 1 heterocycles. The average molecular weight is 386 g/mol. The Kier molecular flexibility index (Phi) is 10.7. The van der Waals surface area contributed by atoms with Gasteiger partial charge in [-0.2, -0.15) is 0 Å². The van der Waals surface area contributed by atoms with Gasteiger partial charge in [0.25, 0.3) is 0 Å². The van der Waals surface area contributed by atoms with Crippen molar-refractivity contribution >= 4 is 23.8 Å². The van der Waals surface area contributed by atoms with Gasteiger partial charge in [0.1, 0.15) is 10.3 Å². The first-order chi connectivity index (χ1) is 12.2. The molecule has 1 rings (SSSR count). The van der Waals surface area contributed by atoms with Crippen LogP contribution in [0.5, 0.6) is 0 Å². The number of esters is 1. The molecule has 0 aromatic carbocycles. The summed E-state index contributed by atoms with van der Waals surface area (Å²) in [6.45, 7) is 14.2. The molecule has 0 bridgehead atoms. The Morgan fingerprint density at radius 3 is 2.23 bits per heavy atom. The Morgan fingerprint density at radius 1 is 1.23 bits per heavy atom. The van der Waals surface area contributed by atoms with Crippen LogP contribution in [-0.2, 0) is 14.3 Å².